The van der Waals surface area contributed by atoms with E-state index < -0.39 is 0 Å². The molecule has 1 saturated carbocycles. The molecule has 1 heterocycles. The van der Waals surface area contributed by atoms with Gasteiger partial charge in [-0.15, -0.1) is 0 Å². The van der Waals surface area contributed by atoms with Crippen molar-refractivity contribution in [2.75, 3.05) is 6.54 Å². The van der Waals surface area contributed by atoms with E-state index in [1.165, 1.54) is 0 Å². The van der Waals surface area contributed by atoms with E-state index >= 15 is 0 Å². The van der Waals surface area contributed by atoms with Gasteiger partial charge < -0.3 is 10.2 Å². The van der Waals surface area contributed by atoms with Gasteiger partial charge in [0.15, 0.2) is 0 Å². The van der Waals surface area contributed by atoms with Crippen LogP contribution < -0.4 is 5.32 Å². The Morgan fingerprint density at radius 1 is 1.26 bits per heavy atom. The Morgan fingerprint density at radius 2 is 1.89 bits per heavy atom. The normalized spacial score (nSPS) is 28.5. The Bertz CT molecular complexity index is 369. The number of piperazine rings is 1. The fourth-order valence-corrected chi connectivity index (χ4v) is 2.66. The highest BCUT2D eigenvalue weighted by Gasteiger charge is 2.47. The minimum absolute atomic E-state index is 0.0582. The third kappa shape index (κ3) is 3.28. The summed E-state index contributed by atoms with van der Waals surface area (Å²) in [7, 11) is 0. The van der Waals surface area contributed by atoms with Crippen LogP contribution in [0.5, 0.6) is 0 Å². The van der Waals surface area contributed by atoms with Gasteiger partial charge in [0, 0.05) is 6.54 Å². The van der Waals surface area contributed by atoms with Crippen molar-refractivity contribution in [1.82, 2.24) is 10.2 Å². The van der Waals surface area contributed by atoms with E-state index in [0.717, 1.165) is 19.3 Å². The zero-order valence-electron chi connectivity index (χ0n) is 12.5. The van der Waals surface area contributed by atoms with Gasteiger partial charge in [-0.05, 0) is 37.0 Å². The molecule has 1 saturated heterocycles. The summed E-state index contributed by atoms with van der Waals surface area (Å²) in [5.41, 5.74) is 0.185. The van der Waals surface area contributed by atoms with E-state index in [0.29, 0.717) is 18.9 Å². The molecule has 2 rings (SSSR count). The van der Waals surface area contributed by atoms with Crippen LogP contribution in [0.3, 0.4) is 0 Å². The summed E-state index contributed by atoms with van der Waals surface area (Å²) < 4.78 is 0. The number of hydrogen-bond donors (Lipinski definition) is 1. The monoisotopic (exact) mass is 266 g/mol. The molecule has 0 aromatic carbocycles. The fourth-order valence-electron chi connectivity index (χ4n) is 2.66. The molecule has 2 amide bonds. The third-order valence-electron chi connectivity index (χ3n) is 4.08. The fraction of sp³-hybridized carbons (Fsp3) is 0.867. The molecule has 1 aliphatic heterocycles. The van der Waals surface area contributed by atoms with Crippen molar-refractivity contribution in [3.05, 3.63) is 0 Å². The van der Waals surface area contributed by atoms with E-state index in [1.54, 1.807) is 0 Å². The molecule has 1 aliphatic carbocycles. The third-order valence-corrected chi connectivity index (χ3v) is 4.08. The van der Waals surface area contributed by atoms with Gasteiger partial charge >= 0.3 is 0 Å². The molecular formula is C15H26N2O2. The van der Waals surface area contributed by atoms with Crippen molar-refractivity contribution in [2.45, 2.75) is 65.5 Å². The topological polar surface area (TPSA) is 49.4 Å². The highest BCUT2D eigenvalue weighted by atomic mass is 16.2. The Hall–Kier alpha value is -1.06. The lowest BCUT2D eigenvalue weighted by molar-refractivity contribution is -0.150. The molecular weight excluding hydrogens is 240 g/mol. The van der Waals surface area contributed by atoms with Gasteiger partial charge in [-0.1, -0.05) is 27.7 Å². The van der Waals surface area contributed by atoms with E-state index in [1.807, 2.05) is 11.8 Å². The zero-order chi connectivity index (χ0) is 14.2. The molecule has 2 aliphatic rings. The quantitative estimate of drug-likeness (QED) is 0.845. The lowest BCUT2D eigenvalue weighted by Gasteiger charge is -2.40. The Labute approximate surface area is 115 Å². The molecule has 0 radical (unpaired) electrons. The zero-order valence-corrected chi connectivity index (χ0v) is 12.5. The highest BCUT2D eigenvalue weighted by Crippen LogP contribution is 2.37. The number of rotatable bonds is 4. The van der Waals surface area contributed by atoms with Crippen molar-refractivity contribution in [3.8, 4) is 0 Å². The van der Waals surface area contributed by atoms with Crippen LogP contribution in [0.15, 0.2) is 0 Å². The lowest BCUT2D eigenvalue weighted by atomic mass is 9.91. The second-order valence-electron chi connectivity index (χ2n) is 7.09. The van der Waals surface area contributed by atoms with Gasteiger partial charge in [-0.2, -0.15) is 0 Å². The first kappa shape index (κ1) is 14.4. The molecule has 19 heavy (non-hydrogen) atoms. The lowest BCUT2D eigenvalue weighted by Crippen LogP contribution is -2.64. The van der Waals surface area contributed by atoms with Crippen molar-refractivity contribution < 1.29 is 9.59 Å². The van der Waals surface area contributed by atoms with Crippen LogP contribution >= 0.6 is 0 Å². The average molecular weight is 266 g/mol. The number of hydrogen-bond acceptors (Lipinski definition) is 2. The first-order chi connectivity index (χ1) is 8.83. The Balaban J connectivity index is 2.12. The largest absolute Gasteiger partial charge is 0.343 e. The molecule has 1 N–H and O–H groups in total. The van der Waals surface area contributed by atoms with E-state index in [2.05, 4.69) is 26.1 Å². The minimum atomic E-state index is -0.317. The summed E-state index contributed by atoms with van der Waals surface area (Å²) in [6.45, 7) is 9.16. The number of carbonyl (C=O) groups is 2. The van der Waals surface area contributed by atoms with Gasteiger partial charge in [-0.3, -0.25) is 9.59 Å². The highest BCUT2D eigenvalue weighted by molar-refractivity contribution is 5.97. The van der Waals surface area contributed by atoms with Crippen LogP contribution in [0, 0.1) is 11.3 Å². The SMILES string of the molecule is CCC1NC(=O)C(C2CC2)N(CCC(C)(C)C)C1=O. The Kier molecular flexibility index (Phi) is 3.88. The molecule has 2 fully saturated rings. The predicted octanol–water partition coefficient (Wildman–Crippen LogP) is 1.94. The van der Waals surface area contributed by atoms with Gasteiger partial charge in [0.2, 0.25) is 11.8 Å². The Morgan fingerprint density at radius 3 is 2.37 bits per heavy atom. The summed E-state index contributed by atoms with van der Waals surface area (Å²) >= 11 is 0. The van der Waals surface area contributed by atoms with Crippen molar-refractivity contribution in [3.63, 3.8) is 0 Å². The van der Waals surface area contributed by atoms with Crippen LogP contribution in [0.2, 0.25) is 0 Å². The maximum Gasteiger partial charge on any atom is 0.245 e. The summed E-state index contributed by atoms with van der Waals surface area (Å²) in [6.07, 6.45) is 3.77. The summed E-state index contributed by atoms with van der Waals surface area (Å²) in [6, 6.07) is -0.528. The van der Waals surface area contributed by atoms with Crippen LogP contribution in [0.25, 0.3) is 0 Å². The molecule has 0 bridgehead atoms. The standard InChI is InChI=1S/C15H26N2O2/c1-5-11-14(19)17(9-8-15(2,3)4)12(10-6-7-10)13(18)16-11/h10-12H,5-9H2,1-4H3,(H,16,18). The number of amides is 2. The second kappa shape index (κ2) is 5.14. The molecule has 4 nitrogen and oxygen atoms in total. The van der Waals surface area contributed by atoms with Crippen LogP contribution in [-0.2, 0) is 9.59 Å². The van der Waals surface area contributed by atoms with Crippen molar-refractivity contribution in [1.29, 1.82) is 0 Å². The van der Waals surface area contributed by atoms with Crippen LogP contribution in [0.1, 0.15) is 53.4 Å². The molecule has 4 heteroatoms. The number of carbonyl (C=O) groups excluding carboxylic acids is 2. The van der Waals surface area contributed by atoms with Crippen LogP contribution in [0.4, 0.5) is 0 Å². The number of nitrogens with zero attached hydrogens (tertiary/aromatic N) is 1. The van der Waals surface area contributed by atoms with E-state index in [4.69, 9.17) is 0 Å². The summed E-state index contributed by atoms with van der Waals surface area (Å²) in [5, 5.41) is 2.88. The molecule has 0 aromatic rings. The first-order valence-electron chi connectivity index (χ1n) is 7.44. The minimum Gasteiger partial charge on any atom is -0.343 e. The van der Waals surface area contributed by atoms with E-state index in [-0.39, 0.29) is 29.3 Å². The van der Waals surface area contributed by atoms with Gasteiger partial charge in [0.1, 0.15) is 12.1 Å². The molecule has 0 spiro atoms. The molecule has 0 aromatic heterocycles. The maximum atomic E-state index is 12.5. The smallest absolute Gasteiger partial charge is 0.245 e. The van der Waals surface area contributed by atoms with Gasteiger partial charge in [-0.25, -0.2) is 0 Å². The summed E-state index contributed by atoms with van der Waals surface area (Å²) in [5.74, 6) is 0.563. The van der Waals surface area contributed by atoms with Gasteiger partial charge in [0.25, 0.3) is 0 Å². The first-order valence-corrected chi connectivity index (χ1v) is 7.44. The maximum absolute atomic E-state index is 12.5. The van der Waals surface area contributed by atoms with Gasteiger partial charge in [0.05, 0.1) is 0 Å². The molecule has 2 unspecified atom stereocenters. The molecule has 108 valence electrons. The predicted molar refractivity (Wildman–Crippen MR) is 74.5 cm³/mol. The average Bonchev–Trinajstić information content (AvgIpc) is 3.12. The molecule has 2 atom stereocenters. The number of nitrogens with one attached hydrogen (secondary N) is 1. The second-order valence-corrected chi connectivity index (χ2v) is 7.09. The van der Waals surface area contributed by atoms with Crippen LogP contribution in [-0.4, -0.2) is 35.3 Å². The van der Waals surface area contributed by atoms with Crippen molar-refractivity contribution >= 4 is 11.8 Å². The van der Waals surface area contributed by atoms with E-state index in [9.17, 15) is 9.59 Å². The van der Waals surface area contributed by atoms with Crippen molar-refractivity contribution in [2.24, 2.45) is 11.3 Å². The summed E-state index contributed by atoms with van der Waals surface area (Å²) in [4.78, 5) is 26.6.